The van der Waals surface area contributed by atoms with Crippen molar-refractivity contribution in [3.63, 3.8) is 0 Å². The van der Waals surface area contributed by atoms with Crippen molar-refractivity contribution in [1.82, 2.24) is 19.5 Å². The standard InChI is InChI=1S/C29H33N7O2/c1-21-9-8-10-22(17-21)20-30-32-25-19-27(34-13-15-35(16-14-34)28(37)38-29(2,3)4)36-26(31-25)18-24(33-36)23-11-6-5-7-12-23/h5-12,17-20H,13-16H2,1-4H3,(H,31,32). The van der Waals surface area contributed by atoms with Gasteiger partial charge < -0.3 is 14.5 Å². The van der Waals surface area contributed by atoms with Crippen molar-refractivity contribution in [3.8, 4) is 11.3 Å². The molecular weight excluding hydrogens is 478 g/mol. The van der Waals surface area contributed by atoms with Crippen LogP contribution in [0.1, 0.15) is 31.9 Å². The number of carbonyl (C=O) groups excluding carboxylic acids is 1. The molecule has 9 nitrogen and oxygen atoms in total. The number of fused-ring (bicyclic) bond motifs is 1. The van der Waals surface area contributed by atoms with Crippen LogP contribution in [0.25, 0.3) is 16.9 Å². The number of aryl methyl sites for hydroxylation is 1. The van der Waals surface area contributed by atoms with Crippen LogP contribution in [0.2, 0.25) is 0 Å². The van der Waals surface area contributed by atoms with Crippen LogP contribution in [0.15, 0.2) is 71.8 Å². The topological polar surface area (TPSA) is 87.4 Å². The van der Waals surface area contributed by atoms with Crippen molar-refractivity contribution in [3.05, 3.63) is 77.9 Å². The van der Waals surface area contributed by atoms with Gasteiger partial charge in [-0.2, -0.15) is 14.7 Å². The molecule has 0 radical (unpaired) electrons. The van der Waals surface area contributed by atoms with E-state index in [1.165, 1.54) is 5.56 Å². The molecule has 1 N–H and O–H groups in total. The predicted octanol–water partition coefficient (Wildman–Crippen LogP) is 5.21. The van der Waals surface area contributed by atoms with Gasteiger partial charge in [0.15, 0.2) is 11.5 Å². The van der Waals surface area contributed by atoms with Gasteiger partial charge in [-0.15, -0.1) is 0 Å². The number of ether oxygens (including phenoxy) is 1. The summed E-state index contributed by atoms with van der Waals surface area (Å²) >= 11 is 0. The lowest BCUT2D eigenvalue weighted by molar-refractivity contribution is 0.0240. The zero-order valence-corrected chi connectivity index (χ0v) is 22.3. The summed E-state index contributed by atoms with van der Waals surface area (Å²) in [7, 11) is 0. The SMILES string of the molecule is Cc1cccc(C=NNc2cc(N3CCN(C(=O)OC(C)(C)C)CC3)n3nc(-c4ccccc4)cc3n2)c1. The first-order valence-corrected chi connectivity index (χ1v) is 12.8. The third-order valence-electron chi connectivity index (χ3n) is 6.17. The van der Waals surface area contributed by atoms with E-state index in [-0.39, 0.29) is 6.09 Å². The van der Waals surface area contributed by atoms with Crippen molar-refractivity contribution in [2.75, 3.05) is 36.5 Å². The molecule has 0 atom stereocenters. The molecule has 0 bridgehead atoms. The average molecular weight is 512 g/mol. The van der Waals surface area contributed by atoms with Crippen LogP contribution in [0.3, 0.4) is 0 Å². The summed E-state index contributed by atoms with van der Waals surface area (Å²) in [6.45, 7) is 10.1. The number of nitrogens with one attached hydrogen (secondary N) is 1. The lowest BCUT2D eigenvalue weighted by Crippen LogP contribution is -2.50. The number of aromatic nitrogens is 3. The Kier molecular flexibility index (Phi) is 7.00. The second-order valence-electron chi connectivity index (χ2n) is 10.4. The number of hydrogen-bond acceptors (Lipinski definition) is 7. The van der Waals surface area contributed by atoms with E-state index >= 15 is 0 Å². The summed E-state index contributed by atoms with van der Waals surface area (Å²) in [5, 5.41) is 9.31. The Balaban J connectivity index is 1.42. The van der Waals surface area contributed by atoms with Gasteiger partial charge in [-0.05, 0) is 33.3 Å². The monoisotopic (exact) mass is 511 g/mol. The molecule has 5 rings (SSSR count). The second kappa shape index (κ2) is 10.5. The van der Waals surface area contributed by atoms with Crippen molar-refractivity contribution in [2.45, 2.75) is 33.3 Å². The molecule has 1 aliphatic rings. The minimum atomic E-state index is -0.520. The molecule has 196 valence electrons. The maximum absolute atomic E-state index is 12.6. The first kappa shape index (κ1) is 25.3. The number of hydrogen-bond donors (Lipinski definition) is 1. The lowest BCUT2D eigenvalue weighted by Gasteiger charge is -2.36. The molecule has 0 saturated carbocycles. The summed E-state index contributed by atoms with van der Waals surface area (Å²) in [4.78, 5) is 21.3. The fraction of sp³-hybridized carbons (Fsp3) is 0.310. The van der Waals surface area contributed by atoms with Crippen molar-refractivity contribution in [2.24, 2.45) is 5.10 Å². The summed E-state index contributed by atoms with van der Waals surface area (Å²) < 4.78 is 7.42. The summed E-state index contributed by atoms with van der Waals surface area (Å²) in [6, 6.07) is 22.1. The van der Waals surface area contributed by atoms with Gasteiger partial charge in [0, 0.05) is 43.9 Å². The maximum atomic E-state index is 12.6. The summed E-state index contributed by atoms with van der Waals surface area (Å²) in [5.41, 5.74) is 7.33. The lowest BCUT2D eigenvalue weighted by atomic mass is 10.2. The zero-order chi connectivity index (χ0) is 26.7. The van der Waals surface area contributed by atoms with Gasteiger partial charge in [-0.3, -0.25) is 5.43 Å². The number of rotatable bonds is 5. The van der Waals surface area contributed by atoms with Gasteiger partial charge in [0.05, 0.1) is 11.9 Å². The Labute approximate surface area is 222 Å². The van der Waals surface area contributed by atoms with Crippen LogP contribution in [-0.2, 0) is 4.74 Å². The molecule has 1 fully saturated rings. The van der Waals surface area contributed by atoms with E-state index in [0.29, 0.717) is 37.6 Å². The van der Waals surface area contributed by atoms with Gasteiger partial charge in [0.1, 0.15) is 11.4 Å². The summed E-state index contributed by atoms with van der Waals surface area (Å²) in [5.74, 6) is 1.50. The van der Waals surface area contributed by atoms with Gasteiger partial charge in [-0.1, -0.05) is 60.2 Å². The smallest absolute Gasteiger partial charge is 0.410 e. The molecule has 1 aliphatic heterocycles. The number of anilines is 2. The first-order valence-electron chi connectivity index (χ1n) is 12.8. The number of nitrogens with zero attached hydrogens (tertiary/aromatic N) is 6. The Morgan fingerprint density at radius 2 is 1.76 bits per heavy atom. The molecule has 1 amide bonds. The number of piperazine rings is 1. The minimum absolute atomic E-state index is 0.282. The number of benzene rings is 2. The molecule has 0 spiro atoms. The average Bonchev–Trinajstić information content (AvgIpc) is 3.32. The third kappa shape index (κ3) is 5.94. The first-order chi connectivity index (χ1) is 18.2. The Morgan fingerprint density at radius 1 is 1.00 bits per heavy atom. The van der Waals surface area contributed by atoms with Crippen LogP contribution in [0, 0.1) is 6.92 Å². The fourth-order valence-corrected chi connectivity index (χ4v) is 4.36. The quantitative estimate of drug-likeness (QED) is 0.292. The largest absolute Gasteiger partial charge is 0.444 e. The Bertz CT molecular complexity index is 1450. The molecule has 2 aromatic heterocycles. The van der Waals surface area contributed by atoms with Crippen molar-refractivity contribution >= 4 is 29.6 Å². The fourth-order valence-electron chi connectivity index (χ4n) is 4.36. The zero-order valence-electron chi connectivity index (χ0n) is 22.3. The molecule has 3 heterocycles. The minimum Gasteiger partial charge on any atom is -0.444 e. The third-order valence-corrected chi connectivity index (χ3v) is 6.17. The molecule has 1 saturated heterocycles. The highest BCUT2D eigenvalue weighted by Crippen LogP contribution is 2.26. The number of carbonyl (C=O) groups is 1. The van der Waals surface area contributed by atoms with Crippen molar-refractivity contribution in [1.29, 1.82) is 0 Å². The van der Waals surface area contributed by atoms with Gasteiger partial charge in [0.25, 0.3) is 0 Å². The van der Waals surface area contributed by atoms with Gasteiger partial charge >= 0.3 is 6.09 Å². The molecule has 2 aromatic carbocycles. The van der Waals surface area contributed by atoms with Crippen LogP contribution >= 0.6 is 0 Å². The van der Waals surface area contributed by atoms with E-state index in [1.54, 1.807) is 11.1 Å². The van der Waals surface area contributed by atoms with Crippen LogP contribution in [0.4, 0.5) is 16.4 Å². The van der Waals surface area contributed by atoms with Gasteiger partial charge in [-0.25, -0.2) is 9.78 Å². The van der Waals surface area contributed by atoms with E-state index in [2.05, 4.69) is 34.5 Å². The van der Waals surface area contributed by atoms with E-state index in [1.807, 2.05) is 79.9 Å². The molecule has 0 aliphatic carbocycles. The molecule has 4 aromatic rings. The van der Waals surface area contributed by atoms with E-state index < -0.39 is 5.60 Å². The number of amides is 1. The van der Waals surface area contributed by atoms with E-state index in [0.717, 1.165) is 22.6 Å². The van der Waals surface area contributed by atoms with E-state index in [9.17, 15) is 4.79 Å². The molecule has 0 unspecified atom stereocenters. The Morgan fingerprint density at radius 3 is 2.47 bits per heavy atom. The summed E-state index contributed by atoms with van der Waals surface area (Å²) in [6.07, 6.45) is 1.50. The maximum Gasteiger partial charge on any atom is 0.410 e. The normalized spacial score (nSPS) is 14.3. The Hall–Kier alpha value is -4.40. The van der Waals surface area contributed by atoms with Crippen LogP contribution in [0.5, 0.6) is 0 Å². The van der Waals surface area contributed by atoms with E-state index in [4.69, 9.17) is 14.8 Å². The highest BCUT2D eigenvalue weighted by Gasteiger charge is 2.27. The second-order valence-corrected chi connectivity index (χ2v) is 10.4. The number of hydrazone groups is 1. The van der Waals surface area contributed by atoms with Crippen LogP contribution in [-0.4, -0.2) is 63.6 Å². The van der Waals surface area contributed by atoms with Gasteiger partial charge in [0.2, 0.25) is 0 Å². The molecule has 9 heteroatoms. The molecular formula is C29H33N7O2. The van der Waals surface area contributed by atoms with Crippen LogP contribution < -0.4 is 10.3 Å². The highest BCUT2D eigenvalue weighted by molar-refractivity contribution is 5.80. The predicted molar refractivity (Wildman–Crippen MR) is 151 cm³/mol. The van der Waals surface area contributed by atoms with Crippen molar-refractivity contribution < 1.29 is 9.53 Å². The highest BCUT2D eigenvalue weighted by atomic mass is 16.6. The molecule has 38 heavy (non-hydrogen) atoms.